The van der Waals surface area contributed by atoms with Gasteiger partial charge in [0.2, 0.25) is 5.91 Å². The monoisotopic (exact) mass is 427 g/mol. The molecule has 1 heterocycles. The van der Waals surface area contributed by atoms with E-state index in [4.69, 9.17) is 0 Å². The summed E-state index contributed by atoms with van der Waals surface area (Å²) in [4.78, 5) is 31.7. The van der Waals surface area contributed by atoms with Crippen molar-refractivity contribution < 1.29 is 9.18 Å². The molecule has 0 saturated heterocycles. The quantitative estimate of drug-likeness (QED) is 0.442. The van der Waals surface area contributed by atoms with Gasteiger partial charge in [-0.25, -0.2) is 9.37 Å². The van der Waals surface area contributed by atoms with E-state index in [1.807, 2.05) is 60.7 Å². The van der Waals surface area contributed by atoms with Crippen molar-refractivity contribution in [1.29, 1.82) is 0 Å². The Morgan fingerprint density at radius 1 is 0.844 bits per heavy atom. The molecule has 6 heteroatoms. The zero-order chi connectivity index (χ0) is 22.3. The van der Waals surface area contributed by atoms with Crippen molar-refractivity contribution in [3.63, 3.8) is 0 Å². The lowest BCUT2D eigenvalue weighted by Gasteiger charge is -2.23. The summed E-state index contributed by atoms with van der Waals surface area (Å²) < 4.78 is 15.3. The van der Waals surface area contributed by atoms with Crippen molar-refractivity contribution in [3.05, 3.63) is 125 Å². The van der Waals surface area contributed by atoms with Crippen LogP contribution < -0.4 is 5.56 Å². The highest BCUT2D eigenvalue weighted by atomic mass is 19.1. The summed E-state index contributed by atoms with van der Waals surface area (Å²) in [6.07, 6.45) is 1.30. The van der Waals surface area contributed by atoms with Gasteiger partial charge in [0.15, 0.2) is 0 Å². The van der Waals surface area contributed by atoms with Gasteiger partial charge in [0.05, 0.1) is 12.0 Å². The fourth-order valence-corrected chi connectivity index (χ4v) is 3.45. The predicted molar refractivity (Wildman–Crippen MR) is 121 cm³/mol. The Labute approximate surface area is 185 Å². The molecular formula is C26H22FN3O2. The Hall–Kier alpha value is -4.06. The lowest BCUT2D eigenvalue weighted by molar-refractivity contribution is -0.133. The van der Waals surface area contributed by atoms with Gasteiger partial charge in [-0.2, -0.15) is 0 Å². The first-order valence-corrected chi connectivity index (χ1v) is 10.3. The Kier molecular flexibility index (Phi) is 6.51. The van der Waals surface area contributed by atoms with Crippen molar-refractivity contribution in [2.24, 2.45) is 0 Å². The van der Waals surface area contributed by atoms with Crippen molar-refractivity contribution >= 4 is 5.91 Å². The molecule has 5 nitrogen and oxygen atoms in total. The molecule has 0 fully saturated rings. The normalized spacial score (nSPS) is 10.7. The van der Waals surface area contributed by atoms with Crippen molar-refractivity contribution in [2.75, 3.05) is 0 Å². The molecule has 3 aromatic carbocycles. The molecule has 0 aliphatic rings. The molecule has 32 heavy (non-hydrogen) atoms. The van der Waals surface area contributed by atoms with E-state index in [0.29, 0.717) is 13.1 Å². The number of carbonyl (C=O) groups excluding carboxylic acids is 1. The second-order valence-electron chi connectivity index (χ2n) is 7.44. The van der Waals surface area contributed by atoms with Crippen molar-refractivity contribution in [3.8, 4) is 11.3 Å². The number of amides is 1. The second-order valence-corrected chi connectivity index (χ2v) is 7.44. The molecule has 0 aliphatic carbocycles. The fourth-order valence-electron chi connectivity index (χ4n) is 3.45. The minimum absolute atomic E-state index is 0.150. The molecular weight excluding hydrogens is 405 g/mol. The maximum atomic E-state index is 14.0. The maximum Gasteiger partial charge on any atom is 0.254 e. The molecule has 4 rings (SSSR count). The molecule has 0 spiro atoms. The molecule has 1 aromatic heterocycles. The number of aromatic nitrogens is 2. The highest BCUT2D eigenvalue weighted by Crippen LogP contribution is 2.18. The molecule has 0 unspecified atom stereocenters. The summed E-state index contributed by atoms with van der Waals surface area (Å²) in [6.45, 7) is 0.692. The standard InChI is InChI=1S/C26H22FN3O2/c27-23-14-8-7-13-22(23)24-15-25(31)30(19-28-24)18-26(32)29(16-20-9-3-1-4-10-20)17-21-11-5-2-6-12-21/h1-15,19H,16-18H2. The van der Waals surface area contributed by atoms with E-state index in [2.05, 4.69) is 4.98 Å². The third kappa shape index (κ3) is 5.16. The number of halogens is 1. The number of hydrogen-bond donors (Lipinski definition) is 0. The molecule has 160 valence electrons. The zero-order valence-electron chi connectivity index (χ0n) is 17.4. The first-order valence-electron chi connectivity index (χ1n) is 10.3. The van der Waals surface area contributed by atoms with Gasteiger partial charge in [0, 0.05) is 24.7 Å². The van der Waals surface area contributed by atoms with Crippen LogP contribution >= 0.6 is 0 Å². The zero-order valence-corrected chi connectivity index (χ0v) is 17.4. The van der Waals surface area contributed by atoms with Crippen LogP contribution in [0.1, 0.15) is 11.1 Å². The molecule has 4 aromatic rings. The van der Waals surface area contributed by atoms with Gasteiger partial charge in [-0.3, -0.25) is 14.2 Å². The number of benzene rings is 3. The van der Waals surface area contributed by atoms with Gasteiger partial charge < -0.3 is 4.90 Å². The Bertz CT molecular complexity index is 1220. The van der Waals surface area contributed by atoms with Crippen LogP contribution in [0.5, 0.6) is 0 Å². The Morgan fingerprint density at radius 2 is 1.41 bits per heavy atom. The smallest absolute Gasteiger partial charge is 0.254 e. The molecule has 0 N–H and O–H groups in total. The summed E-state index contributed by atoms with van der Waals surface area (Å²) in [5.41, 5.74) is 2.07. The van der Waals surface area contributed by atoms with Crippen LogP contribution in [-0.4, -0.2) is 20.4 Å². The van der Waals surface area contributed by atoms with E-state index >= 15 is 0 Å². The van der Waals surface area contributed by atoms with Crippen LogP contribution in [0.25, 0.3) is 11.3 Å². The summed E-state index contributed by atoms with van der Waals surface area (Å²) in [5.74, 6) is -0.662. The van der Waals surface area contributed by atoms with E-state index in [1.54, 1.807) is 23.1 Å². The lowest BCUT2D eigenvalue weighted by atomic mass is 10.1. The Morgan fingerprint density at radius 3 is 1.97 bits per heavy atom. The van der Waals surface area contributed by atoms with E-state index in [9.17, 15) is 14.0 Å². The topological polar surface area (TPSA) is 55.2 Å². The minimum atomic E-state index is -0.454. The van der Waals surface area contributed by atoms with Crippen LogP contribution in [0.2, 0.25) is 0 Å². The molecule has 0 aliphatic heterocycles. The van der Waals surface area contributed by atoms with E-state index < -0.39 is 11.4 Å². The second kappa shape index (κ2) is 9.83. The molecule has 0 saturated carbocycles. The maximum absolute atomic E-state index is 14.0. The molecule has 1 amide bonds. The van der Waals surface area contributed by atoms with Gasteiger partial charge in [-0.1, -0.05) is 72.8 Å². The summed E-state index contributed by atoms with van der Waals surface area (Å²) in [5, 5.41) is 0. The highest BCUT2D eigenvalue weighted by molar-refractivity contribution is 5.76. The van der Waals surface area contributed by atoms with Crippen LogP contribution in [0, 0.1) is 5.82 Å². The first-order chi connectivity index (χ1) is 15.6. The molecule has 0 bridgehead atoms. The van der Waals surface area contributed by atoms with Gasteiger partial charge in [-0.05, 0) is 23.3 Å². The SMILES string of the molecule is O=C(Cn1cnc(-c2ccccc2F)cc1=O)N(Cc1ccccc1)Cc1ccccc1. The third-order valence-electron chi connectivity index (χ3n) is 5.12. The van der Waals surface area contributed by atoms with Gasteiger partial charge in [-0.15, -0.1) is 0 Å². The molecule has 0 radical (unpaired) electrons. The molecule has 0 atom stereocenters. The van der Waals surface area contributed by atoms with Crippen LogP contribution in [0.3, 0.4) is 0 Å². The summed E-state index contributed by atoms with van der Waals surface area (Å²) >= 11 is 0. The lowest BCUT2D eigenvalue weighted by Crippen LogP contribution is -2.35. The van der Waals surface area contributed by atoms with E-state index in [0.717, 1.165) is 11.1 Å². The van der Waals surface area contributed by atoms with Crippen LogP contribution in [-0.2, 0) is 24.4 Å². The minimum Gasteiger partial charge on any atom is -0.332 e. The van der Waals surface area contributed by atoms with Gasteiger partial charge in [0.1, 0.15) is 12.4 Å². The summed E-state index contributed by atoms with van der Waals surface area (Å²) in [7, 11) is 0. The largest absolute Gasteiger partial charge is 0.332 e. The van der Waals surface area contributed by atoms with Crippen molar-refractivity contribution in [1.82, 2.24) is 14.5 Å². The average Bonchev–Trinajstić information content (AvgIpc) is 2.81. The van der Waals surface area contributed by atoms with Gasteiger partial charge >= 0.3 is 0 Å². The van der Waals surface area contributed by atoms with Gasteiger partial charge in [0.25, 0.3) is 5.56 Å². The number of carbonyl (C=O) groups is 1. The fraction of sp³-hybridized carbons (Fsp3) is 0.115. The van der Waals surface area contributed by atoms with E-state index in [1.165, 1.54) is 23.0 Å². The Balaban J connectivity index is 1.56. The number of nitrogens with zero attached hydrogens (tertiary/aromatic N) is 3. The summed E-state index contributed by atoms with van der Waals surface area (Å²) in [6, 6.07) is 26.8. The predicted octanol–water partition coefficient (Wildman–Crippen LogP) is 4.28. The third-order valence-corrected chi connectivity index (χ3v) is 5.12. The van der Waals surface area contributed by atoms with Crippen LogP contribution in [0.15, 0.2) is 102 Å². The number of hydrogen-bond acceptors (Lipinski definition) is 3. The van der Waals surface area contributed by atoms with E-state index in [-0.39, 0.29) is 23.7 Å². The average molecular weight is 427 g/mol. The van der Waals surface area contributed by atoms with Crippen molar-refractivity contribution in [2.45, 2.75) is 19.6 Å². The highest BCUT2D eigenvalue weighted by Gasteiger charge is 2.17. The number of rotatable bonds is 7. The van der Waals surface area contributed by atoms with Crippen LogP contribution in [0.4, 0.5) is 4.39 Å². The first kappa shape index (κ1) is 21.2.